The topological polar surface area (TPSA) is 19.7 Å². The molecule has 1 N–H and O–H groups in total. The normalized spacial score (nSPS) is 12.3. The van der Waals surface area contributed by atoms with Crippen molar-refractivity contribution in [1.29, 1.82) is 0 Å². The Morgan fingerprint density at radius 1 is 1.29 bits per heavy atom. The van der Waals surface area contributed by atoms with Crippen molar-refractivity contribution in [1.82, 2.24) is 4.98 Å². The van der Waals surface area contributed by atoms with Gasteiger partial charge in [-0.3, -0.25) is 0 Å². The zero-order chi connectivity index (χ0) is 10.3. The summed E-state index contributed by atoms with van der Waals surface area (Å²) in [6.07, 6.45) is -2.66. The maximum absolute atomic E-state index is 12.3. The molecule has 1 aromatic carbocycles. The minimum atomic E-state index is -4.28. The molecule has 0 saturated heterocycles. The Bertz CT molecular complexity index is 470. The van der Waals surface area contributed by atoms with Gasteiger partial charge in [0.15, 0.2) is 11.0 Å². The van der Waals surface area contributed by atoms with E-state index >= 15 is 0 Å². The minimum Gasteiger partial charge on any atom is -0.243 e. The maximum Gasteiger partial charge on any atom is 0.416 e. The highest BCUT2D eigenvalue weighted by molar-refractivity contribution is 5.71. The molecule has 2 aromatic rings. The van der Waals surface area contributed by atoms with E-state index in [1.54, 1.807) is 17.9 Å². The van der Waals surface area contributed by atoms with E-state index in [-0.39, 0.29) is 0 Å². The van der Waals surface area contributed by atoms with Crippen molar-refractivity contribution in [3.05, 3.63) is 30.1 Å². The van der Waals surface area contributed by atoms with Crippen LogP contribution in [0.4, 0.5) is 13.2 Å². The molecule has 0 unspecified atom stereocenters. The number of hydrogen-bond donors (Lipinski definition) is 1. The molecule has 1 aromatic heterocycles. The van der Waals surface area contributed by atoms with E-state index < -0.39 is 11.7 Å². The molecule has 0 aliphatic rings. The Labute approximate surface area is 78.0 Å². The summed E-state index contributed by atoms with van der Waals surface area (Å²) in [7, 11) is 1.77. The van der Waals surface area contributed by atoms with Crippen molar-refractivity contribution in [3.63, 3.8) is 0 Å². The van der Waals surface area contributed by atoms with Crippen LogP contribution in [0.5, 0.6) is 0 Å². The zero-order valence-corrected chi connectivity index (χ0v) is 7.39. The van der Waals surface area contributed by atoms with E-state index in [0.29, 0.717) is 5.52 Å². The molecule has 2 nitrogen and oxygen atoms in total. The lowest BCUT2D eigenvalue weighted by Gasteiger charge is -2.04. The van der Waals surface area contributed by atoms with Gasteiger partial charge in [-0.15, -0.1) is 0 Å². The van der Waals surface area contributed by atoms with Crippen LogP contribution in [0.15, 0.2) is 24.5 Å². The molecular weight excluding hydrogens is 193 g/mol. The Morgan fingerprint density at radius 2 is 2.00 bits per heavy atom. The predicted molar refractivity (Wildman–Crippen MR) is 44.5 cm³/mol. The standard InChI is InChI=1S/C9H7F3N2/c1-14-5-13-7-4-6(9(10,11)12)2-3-8(7)14/h2-5H,1H3/p+1. The van der Waals surface area contributed by atoms with E-state index in [9.17, 15) is 13.2 Å². The fraction of sp³-hybridized carbons (Fsp3) is 0.222. The van der Waals surface area contributed by atoms with Crippen LogP contribution in [0.2, 0.25) is 0 Å². The molecule has 5 heteroatoms. The minimum absolute atomic E-state index is 0.488. The van der Waals surface area contributed by atoms with Crippen molar-refractivity contribution in [2.45, 2.75) is 6.18 Å². The van der Waals surface area contributed by atoms with Gasteiger partial charge in [0.25, 0.3) is 0 Å². The van der Waals surface area contributed by atoms with Gasteiger partial charge in [-0.1, -0.05) is 0 Å². The van der Waals surface area contributed by atoms with Gasteiger partial charge in [0.05, 0.1) is 12.6 Å². The highest BCUT2D eigenvalue weighted by Crippen LogP contribution is 2.30. The lowest BCUT2D eigenvalue weighted by molar-refractivity contribution is -0.644. The summed E-state index contributed by atoms with van der Waals surface area (Å²) < 4.78 is 38.6. The SMILES string of the molecule is C[n+]1c[nH]c2cc(C(F)(F)F)ccc21. The number of H-pyrrole nitrogens is 1. The van der Waals surface area contributed by atoms with Crippen LogP contribution >= 0.6 is 0 Å². The van der Waals surface area contributed by atoms with E-state index in [1.807, 2.05) is 0 Å². The first-order valence-electron chi connectivity index (χ1n) is 4.02. The largest absolute Gasteiger partial charge is 0.416 e. The Balaban J connectivity index is 2.63. The summed E-state index contributed by atoms with van der Waals surface area (Å²) in [6.45, 7) is 0. The average Bonchev–Trinajstić information content (AvgIpc) is 2.46. The molecular formula is C9H8F3N2+. The first kappa shape index (κ1) is 9.05. The van der Waals surface area contributed by atoms with Crippen LogP contribution in [-0.2, 0) is 13.2 Å². The highest BCUT2D eigenvalue weighted by atomic mass is 19.4. The van der Waals surface area contributed by atoms with Crippen molar-refractivity contribution in [2.75, 3.05) is 0 Å². The highest BCUT2D eigenvalue weighted by Gasteiger charge is 2.31. The lowest BCUT2D eigenvalue weighted by atomic mass is 10.2. The molecule has 0 bridgehead atoms. The van der Waals surface area contributed by atoms with Crippen LogP contribution < -0.4 is 4.57 Å². The number of rotatable bonds is 0. The van der Waals surface area contributed by atoms with Crippen molar-refractivity contribution in [2.24, 2.45) is 7.05 Å². The third kappa shape index (κ3) is 1.34. The van der Waals surface area contributed by atoms with Gasteiger partial charge in [0.1, 0.15) is 0 Å². The number of nitrogens with one attached hydrogen (secondary N) is 1. The summed E-state index contributed by atoms with van der Waals surface area (Å²) in [5.41, 5.74) is 0.604. The molecule has 74 valence electrons. The quantitative estimate of drug-likeness (QED) is 0.629. The smallest absolute Gasteiger partial charge is 0.243 e. The summed E-state index contributed by atoms with van der Waals surface area (Å²) in [5.74, 6) is 0. The fourth-order valence-corrected chi connectivity index (χ4v) is 1.37. The van der Waals surface area contributed by atoms with Crippen molar-refractivity contribution in [3.8, 4) is 0 Å². The van der Waals surface area contributed by atoms with Crippen LogP contribution in [0.25, 0.3) is 11.0 Å². The predicted octanol–water partition coefficient (Wildman–Crippen LogP) is 2.01. The molecule has 0 radical (unpaired) electrons. The summed E-state index contributed by atoms with van der Waals surface area (Å²) in [4.78, 5) is 2.76. The number of imidazole rings is 1. The van der Waals surface area contributed by atoms with Gasteiger partial charge in [-0.05, 0) is 12.1 Å². The summed E-state index contributed by atoms with van der Waals surface area (Å²) >= 11 is 0. The number of alkyl halides is 3. The molecule has 0 fully saturated rings. The Hall–Kier alpha value is -1.52. The first-order valence-corrected chi connectivity index (χ1v) is 4.02. The number of hydrogen-bond acceptors (Lipinski definition) is 0. The number of fused-ring (bicyclic) bond motifs is 1. The van der Waals surface area contributed by atoms with Crippen LogP contribution in [0, 0.1) is 0 Å². The number of aromatic amines is 1. The molecule has 2 rings (SSSR count). The number of aryl methyl sites for hydroxylation is 1. The van der Waals surface area contributed by atoms with Gasteiger partial charge >= 0.3 is 6.18 Å². The van der Waals surface area contributed by atoms with E-state index in [2.05, 4.69) is 4.98 Å². The molecule has 0 aliphatic carbocycles. The van der Waals surface area contributed by atoms with E-state index in [0.717, 1.165) is 17.6 Å². The molecule has 14 heavy (non-hydrogen) atoms. The number of nitrogens with zero attached hydrogens (tertiary/aromatic N) is 1. The molecule has 0 saturated carbocycles. The van der Waals surface area contributed by atoms with Gasteiger partial charge in [0.2, 0.25) is 6.33 Å². The number of aromatic nitrogens is 2. The average molecular weight is 201 g/mol. The summed E-state index contributed by atoms with van der Waals surface area (Å²) in [6, 6.07) is 3.64. The molecule has 0 amide bonds. The molecule has 0 spiro atoms. The van der Waals surface area contributed by atoms with E-state index in [4.69, 9.17) is 0 Å². The number of halogens is 3. The number of benzene rings is 1. The van der Waals surface area contributed by atoms with Gasteiger partial charge in [-0.2, -0.15) is 13.2 Å². The van der Waals surface area contributed by atoms with Crippen molar-refractivity contribution >= 4 is 11.0 Å². The van der Waals surface area contributed by atoms with Crippen LogP contribution in [0.1, 0.15) is 5.56 Å². The van der Waals surface area contributed by atoms with E-state index in [1.165, 1.54) is 6.07 Å². The Kier molecular flexibility index (Phi) is 1.77. The van der Waals surface area contributed by atoms with Gasteiger partial charge < -0.3 is 0 Å². The third-order valence-electron chi connectivity index (χ3n) is 2.12. The fourth-order valence-electron chi connectivity index (χ4n) is 1.37. The van der Waals surface area contributed by atoms with Gasteiger partial charge in [-0.25, -0.2) is 9.55 Å². The lowest BCUT2D eigenvalue weighted by Crippen LogP contribution is -2.24. The van der Waals surface area contributed by atoms with Gasteiger partial charge in [0, 0.05) is 6.07 Å². The third-order valence-corrected chi connectivity index (χ3v) is 2.12. The molecule has 0 aliphatic heterocycles. The van der Waals surface area contributed by atoms with Crippen LogP contribution in [-0.4, -0.2) is 4.98 Å². The second-order valence-electron chi connectivity index (χ2n) is 3.11. The van der Waals surface area contributed by atoms with Crippen molar-refractivity contribution < 1.29 is 17.7 Å². The second-order valence-corrected chi connectivity index (χ2v) is 3.11. The Morgan fingerprint density at radius 3 is 2.64 bits per heavy atom. The monoisotopic (exact) mass is 201 g/mol. The molecule has 0 atom stereocenters. The van der Waals surface area contributed by atoms with Crippen LogP contribution in [0.3, 0.4) is 0 Å². The maximum atomic E-state index is 12.3. The second kappa shape index (κ2) is 2.73. The zero-order valence-electron chi connectivity index (χ0n) is 7.39. The summed E-state index contributed by atoms with van der Waals surface area (Å²) in [5, 5.41) is 0. The first-order chi connectivity index (χ1) is 6.48. The molecule has 1 heterocycles.